The average molecular weight is 281 g/mol. The summed E-state index contributed by atoms with van der Waals surface area (Å²) in [5.41, 5.74) is 9.47. The second kappa shape index (κ2) is 3.94. The Morgan fingerprint density at radius 2 is 1.94 bits per heavy atom. The van der Waals surface area contributed by atoms with Gasteiger partial charge in [0.2, 0.25) is 5.89 Å². The standard InChI is InChI=1S/C12H13BrN2O/c1-6-10(4-9(13)5-11(6)14)12-15-7(2)8(3)16-12/h4-5H,14H2,1-3H3. The molecule has 1 aromatic heterocycles. The van der Waals surface area contributed by atoms with E-state index in [1.54, 1.807) is 0 Å². The van der Waals surface area contributed by atoms with Crippen molar-refractivity contribution in [2.45, 2.75) is 20.8 Å². The molecule has 0 saturated carbocycles. The zero-order chi connectivity index (χ0) is 11.9. The van der Waals surface area contributed by atoms with Crippen LogP contribution in [-0.4, -0.2) is 4.98 Å². The van der Waals surface area contributed by atoms with Crippen LogP contribution >= 0.6 is 15.9 Å². The van der Waals surface area contributed by atoms with Gasteiger partial charge in [-0.2, -0.15) is 0 Å². The second-order valence-electron chi connectivity index (χ2n) is 3.83. The van der Waals surface area contributed by atoms with Gasteiger partial charge in [-0.15, -0.1) is 0 Å². The first-order chi connectivity index (χ1) is 7.49. The Kier molecular flexibility index (Phi) is 2.76. The van der Waals surface area contributed by atoms with Crippen LogP contribution in [0.2, 0.25) is 0 Å². The van der Waals surface area contributed by atoms with Crippen LogP contribution in [0.1, 0.15) is 17.0 Å². The van der Waals surface area contributed by atoms with E-state index in [9.17, 15) is 0 Å². The van der Waals surface area contributed by atoms with E-state index in [0.717, 1.165) is 32.7 Å². The molecule has 0 amide bonds. The number of aryl methyl sites for hydroxylation is 2. The second-order valence-corrected chi connectivity index (χ2v) is 4.74. The predicted molar refractivity (Wildman–Crippen MR) is 68.3 cm³/mol. The van der Waals surface area contributed by atoms with Crippen LogP contribution in [0.4, 0.5) is 5.69 Å². The molecule has 1 heterocycles. The third kappa shape index (κ3) is 1.85. The topological polar surface area (TPSA) is 52.0 Å². The van der Waals surface area contributed by atoms with E-state index in [-0.39, 0.29) is 0 Å². The Bertz CT molecular complexity index is 527. The van der Waals surface area contributed by atoms with Gasteiger partial charge in [-0.3, -0.25) is 0 Å². The van der Waals surface area contributed by atoms with Crippen LogP contribution in [-0.2, 0) is 0 Å². The molecular weight excluding hydrogens is 268 g/mol. The summed E-state index contributed by atoms with van der Waals surface area (Å²) < 4.78 is 6.53. The molecule has 16 heavy (non-hydrogen) atoms. The average Bonchev–Trinajstić information content (AvgIpc) is 2.53. The zero-order valence-electron chi connectivity index (χ0n) is 9.47. The SMILES string of the molecule is Cc1nc(-c2cc(Br)cc(N)c2C)oc1C. The van der Waals surface area contributed by atoms with Gasteiger partial charge in [0.05, 0.1) is 5.69 Å². The third-order valence-corrected chi connectivity index (χ3v) is 3.13. The Hall–Kier alpha value is -1.29. The highest BCUT2D eigenvalue weighted by atomic mass is 79.9. The van der Waals surface area contributed by atoms with Crippen LogP contribution in [0.25, 0.3) is 11.5 Å². The van der Waals surface area contributed by atoms with Crippen molar-refractivity contribution in [1.29, 1.82) is 0 Å². The molecule has 1 aromatic carbocycles. The summed E-state index contributed by atoms with van der Waals surface area (Å²) in [5, 5.41) is 0. The Labute approximate surface area is 103 Å². The summed E-state index contributed by atoms with van der Waals surface area (Å²) in [6.07, 6.45) is 0. The normalized spacial score (nSPS) is 10.8. The number of anilines is 1. The molecule has 0 spiro atoms. The van der Waals surface area contributed by atoms with Crippen molar-refractivity contribution in [2.75, 3.05) is 5.73 Å². The number of nitrogens with zero attached hydrogens (tertiary/aromatic N) is 1. The highest BCUT2D eigenvalue weighted by molar-refractivity contribution is 9.10. The van der Waals surface area contributed by atoms with Crippen LogP contribution in [0.15, 0.2) is 21.0 Å². The monoisotopic (exact) mass is 280 g/mol. The van der Waals surface area contributed by atoms with Crippen molar-refractivity contribution in [3.8, 4) is 11.5 Å². The highest BCUT2D eigenvalue weighted by Gasteiger charge is 2.13. The molecule has 0 radical (unpaired) electrons. The number of nitrogens with two attached hydrogens (primary N) is 1. The summed E-state index contributed by atoms with van der Waals surface area (Å²) in [7, 11) is 0. The number of benzene rings is 1. The Morgan fingerprint density at radius 3 is 2.50 bits per heavy atom. The fraction of sp³-hybridized carbons (Fsp3) is 0.250. The summed E-state index contributed by atoms with van der Waals surface area (Å²) in [4.78, 5) is 4.38. The molecule has 2 rings (SSSR count). The first-order valence-electron chi connectivity index (χ1n) is 4.99. The van der Waals surface area contributed by atoms with Crippen LogP contribution in [0, 0.1) is 20.8 Å². The summed E-state index contributed by atoms with van der Waals surface area (Å²) in [6.45, 7) is 5.80. The first-order valence-corrected chi connectivity index (χ1v) is 5.78. The molecule has 0 aliphatic heterocycles. The Morgan fingerprint density at radius 1 is 1.25 bits per heavy atom. The van der Waals surface area contributed by atoms with E-state index in [4.69, 9.17) is 10.2 Å². The summed E-state index contributed by atoms with van der Waals surface area (Å²) in [6, 6.07) is 3.85. The third-order valence-electron chi connectivity index (χ3n) is 2.67. The molecule has 2 aromatic rings. The maximum Gasteiger partial charge on any atom is 0.226 e. The number of oxazole rings is 1. The molecule has 3 nitrogen and oxygen atoms in total. The lowest BCUT2D eigenvalue weighted by Crippen LogP contribution is -1.93. The van der Waals surface area contributed by atoms with E-state index in [0.29, 0.717) is 5.89 Å². The molecule has 84 valence electrons. The fourth-order valence-electron chi connectivity index (χ4n) is 1.51. The van der Waals surface area contributed by atoms with Crippen LogP contribution in [0.3, 0.4) is 0 Å². The first kappa shape index (κ1) is 11.2. The minimum atomic E-state index is 0.625. The molecule has 0 aliphatic carbocycles. The number of rotatable bonds is 1. The van der Waals surface area contributed by atoms with Crippen molar-refractivity contribution in [3.63, 3.8) is 0 Å². The van der Waals surface area contributed by atoms with Crippen LogP contribution in [0.5, 0.6) is 0 Å². The summed E-state index contributed by atoms with van der Waals surface area (Å²) in [5.74, 6) is 1.47. The highest BCUT2D eigenvalue weighted by Crippen LogP contribution is 2.31. The van der Waals surface area contributed by atoms with Crippen molar-refractivity contribution in [2.24, 2.45) is 0 Å². The van der Waals surface area contributed by atoms with Gasteiger partial charge in [0.15, 0.2) is 0 Å². The molecule has 0 aliphatic rings. The maximum atomic E-state index is 5.90. The van der Waals surface area contributed by atoms with Gasteiger partial charge in [-0.1, -0.05) is 15.9 Å². The molecule has 0 atom stereocenters. The zero-order valence-corrected chi connectivity index (χ0v) is 11.1. The molecule has 0 bridgehead atoms. The van der Waals surface area contributed by atoms with Crippen molar-refractivity contribution in [1.82, 2.24) is 4.98 Å². The van der Waals surface area contributed by atoms with Crippen molar-refractivity contribution < 1.29 is 4.42 Å². The van der Waals surface area contributed by atoms with Crippen molar-refractivity contribution in [3.05, 3.63) is 33.6 Å². The molecule has 2 N–H and O–H groups in total. The minimum absolute atomic E-state index is 0.625. The largest absolute Gasteiger partial charge is 0.441 e. The van der Waals surface area contributed by atoms with Gasteiger partial charge in [0.1, 0.15) is 5.76 Å². The van der Waals surface area contributed by atoms with Gasteiger partial charge in [0.25, 0.3) is 0 Å². The van der Waals surface area contributed by atoms with Gasteiger partial charge >= 0.3 is 0 Å². The van der Waals surface area contributed by atoms with E-state index in [2.05, 4.69) is 20.9 Å². The minimum Gasteiger partial charge on any atom is -0.441 e. The van der Waals surface area contributed by atoms with E-state index in [1.165, 1.54) is 0 Å². The smallest absolute Gasteiger partial charge is 0.226 e. The van der Waals surface area contributed by atoms with E-state index in [1.807, 2.05) is 32.9 Å². The number of halogens is 1. The fourth-order valence-corrected chi connectivity index (χ4v) is 1.99. The molecular formula is C12H13BrN2O. The van der Waals surface area contributed by atoms with Gasteiger partial charge < -0.3 is 10.2 Å². The maximum absolute atomic E-state index is 5.90. The van der Waals surface area contributed by atoms with Gasteiger partial charge in [-0.25, -0.2) is 4.98 Å². The lowest BCUT2D eigenvalue weighted by Gasteiger charge is -2.06. The van der Waals surface area contributed by atoms with Crippen molar-refractivity contribution >= 4 is 21.6 Å². The number of hydrogen-bond acceptors (Lipinski definition) is 3. The van der Waals surface area contributed by atoms with Gasteiger partial charge in [-0.05, 0) is 38.5 Å². The van der Waals surface area contributed by atoms with E-state index < -0.39 is 0 Å². The quantitative estimate of drug-likeness (QED) is 0.812. The molecule has 4 heteroatoms. The number of aromatic nitrogens is 1. The van der Waals surface area contributed by atoms with Crippen LogP contribution < -0.4 is 5.73 Å². The number of nitrogen functional groups attached to an aromatic ring is 1. The lowest BCUT2D eigenvalue weighted by atomic mass is 10.1. The molecule has 0 fully saturated rings. The summed E-state index contributed by atoms with van der Waals surface area (Å²) >= 11 is 3.42. The molecule has 0 unspecified atom stereocenters. The molecule has 0 saturated heterocycles. The number of hydrogen-bond donors (Lipinski definition) is 1. The Balaban J connectivity index is 2.63. The lowest BCUT2D eigenvalue weighted by molar-refractivity contribution is 0.540. The van der Waals surface area contributed by atoms with Gasteiger partial charge in [0, 0.05) is 15.7 Å². The van der Waals surface area contributed by atoms with E-state index >= 15 is 0 Å². The predicted octanol–water partition coefficient (Wildman–Crippen LogP) is 3.61.